The number of carbonyl (C=O) groups is 3. The fourth-order valence-corrected chi connectivity index (χ4v) is 5.74. The smallest absolute Gasteiger partial charge is 0.480 e. The number of hydrogen-bond donors (Lipinski definition) is 1. The molecule has 3 heterocycles. The Kier molecular flexibility index (Phi) is 8.23. The first-order valence-corrected chi connectivity index (χ1v) is 14.6. The van der Waals surface area contributed by atoms with E-state index in [0.717, 1.165) is 10.8 Å². The number of aliphatic carboxylic acids is 1. The lowest BCUT2D eigenvalue weighted by atomic mass is 9.92. The van der Waals surface area contributed by atoms with E-state index in [9.17, 15) is 28.8 Å². The number of benzene rings is 1. The maximum Gasteiger partial charge on any atom is 0.530 e. The van der Waals surface area contributed by atoms with Crippen molar-refractivity contribution < 1.29 is 47.1 Å². The van der Waals surface area contributed by atoms with Gasteiger partial charge in [-0.3, -0.25) is 18.4 Å². The lowest BCUT2D eigenvalue weighted by Gasteiger charge is -2.37. The molecule has 0 fully saturated rings. The number of cyclic esters (lactones) is 1. The predicted molar refractivity (Wildman–Crippen MR) is 151 cm³/mol. The number of carboxylic acid groups (broad SMARTS) is 1. The molecular formula is C28H32N3O11P. The summed E-state index contributed by atoms with van der Waals surface area (Å²) in [5, 5.41) is 9.23. The molecule has 0 aliphatic carbocycles. The number of carbonyl (C=O) groups excluding carboxylic acids is 2. The van der Waals surface area contributed by atoms with E-state index in [1.54, 1.807) is 58.9 Å². The van der Waals surface area contributed by atoms with Crippen molar-refractivity contribution in [1.82, 2.24) is 9.55 Å². The highest BCUT2D eigenvalue weighted by Crippen LogP contribution is 2.60. The van der Waals surface area contributed by atoms with Crippen LogP contribution in [0.3, 0.4) is 0 Å². The van der Waals surface area contributed by atoms with Crippen molar-refractivity contribution in [2.24, 2.45) is 5.92 Å². The highest BCUT2D eigenvalue weighted by molar-refractivity contribution is 7.49. The molecule has 2 aliphatic rings. The van der Waals surface area contributed by atoms with Crippen LogP contribution < -0.4 is 15.1 Å². The molecule has 2 amide bonds. The van der Waals surface area contributed by atoms with Crippen LogP contribution in [-0.2, 0) is 40.0 Å². The summed E-state index contributed by atoms with van der Waals surface area (Å²) < 4.78 is 42.5. The van der Waals surface area contributed by atoms with Crippen molar-refractivity contribution in [2.75, 3.05) is 11.5 Å². The highest BCUT2D eigenvalue weighted by atomic mass is 31.2. The molecule has 0 saturated carbocycles. The minimum Gasteiger partial charge on any atom is -0.480 e. The molecule has 0 radical (unpaired) electrons. The summed E-state index contributed by atoms with van der Waals surface area (Å²) in [5.41, 5.74) is -4.12. The number of imide groups is 1. The molecule has 1 aromatic carbocycles. The van der Waals surface area contributed by atoms with E-state index in [1.807, 2.05) is 0 Å². The van der Waals surface area contributed by atoms with Gasteiger partial charge in [0.05, 0.1) is 18.1 Å². The first-order chi connectivity index (χ1) is 19.8. The zero-order chi connectivity index (χ0) is 32.0. The van der Waals surface area contributed by atoms with Crippen LogP contribution in [0.2, 0.25) is 0 Å². The van der Waals surface area contributed by atoms with Crippen LogP contribution in [0.25, 0.3) is 0 Å². The fourth-order valence-electron chi connectivity index (χ4n) is 4.21. The molecule has 2 aliphatic heterocycles. The van der Waals surface area contributed by atoms with Crippen LogP contribution in [0.5, 0.6) is 5.75 Å². The number of aromatic nitrogens is 2. The van der Waals surface area contributed by atoms with E-state index in [1.165, 1.54) is 13.8 Å². The first kappa shape index (κ1) is 31.7. The maximum absolute atomic E-state index is 13.6. The Morgan fingerprint density at radius 1 is 1.16 bits per heavy atom. The number of fused-ring (bicyclic) bond motifs is 2. The number of carboxylic acids is 1. The summed E-state index contributed by atoms with van der Waals surface area (Å²) in [4.78, 5) is 54.9. The van der Waals surface area contributed by atoms with Crippen molar-refractivity contribution in [1.29, 1.82) is 0 Å². The number of amides is 2. The third-order valence-electron chi connectivity index (χ3n) is 6.30. The van der Waals surface area contributed by atoms with Crippen LogP contribution in [0.15, 0.2) is 35.3 Å². The van der Waals surface area contributed by atoms with Gasteiger partial charge in [-0.15, -0.1) is 0 Å². The fraction of sp³-hybridized carbons (Fsp3) is 0.464. The SMILES string of the molecule is CC(C)(C)OC(=O)N1C(=O)OC(C)(C)C(COP2(=O)Oc3ccccc3C(C)(C)O2)C#Cc2cn(CC(=O)O)c(=O)nc21. The van der Waals surface area contributed by atoms with Crippen LogP contribution in [-0.4, -0.2) is 50.6 Å². The molecule has 1 aromatic heterocycles. The van der Waals surface area contributed by atoms with Gasteiger partial charge in [0.25, 0.3) is 0 Å². The van der Waals surface area contributed by atoms with E-state index in [2.05, 4.69) is 16.8 Å². The van der Waals surface area contributed by atoms with Gasteiger partial charge in [-0.05, 0) is 54.5 Å². The standard InChI is InChI=1S/C28H32N3O11P/c1-26(2,3)39-24(35)31-22-17(14-30(15-21(32)33)23(34)29-22)12-13-18(27(4,5)40-25(31)36)16-38-43(37)41-20-11-9-8-10-19(20)28(6,7)42-43/h8-11,14,18H,15-16H2,1-7H3,(H,32,33). The molecule has 2 unspecified atom stereocenters. The van der Waals surface area contributed by atoms with Gasteiger partial charge in [0.2, 0.25) is 0 Å². The van der Waals surface area contributed by atoms with E-state index in [4.69, 9.17) is 23.0 Å². The summed E-state index contributed by atoms with van der Waals surface area (Å²) in [6.07, 6.45) is -1.41. The zero-order valence-corrected chi connectivity index (χ0v) is 25.6. The van der Waals surface area contributed by atoms with Gasteiger partial charge in [0, 0.05) is 11.8 Å². The Morgan fingerprint density at radius 3 is 2.49 bits per heavy atom. The number of ether oxygens (including phenoxy) is 2. The average Bonchev–Trinajstić information content (AvgIpc) is 2.87. The van der Waals surface area contributed by atoms with Gasteiger partial charge < -0.3 is 19.1 Å². The van der Waals surface area contributed by atoms with Gasteiger partial charge in [-0.25, -0.2) is 18.9 Å². The summed E-state index contributed by atoms with van der Waals surface area (Å²) in [6, 6.07) is 6.91. The Bertz CT molecular complexity index is 1650. The van der Waals surface area contributed by atoms with E-state index < -0.39 is 73.4 Å². The molecule has 4 rings (SSSR count). The molecule has 230 valence electrons. The number of hydrogen-bond acceptors (Lipinski definition) is 11. The van der Waals surface area contributed by atoms with Crippen molar-refractivity contribution in [3.63, 3.8) is 0 Å². The molecule has 14 nitrogen and oxygen atoms in total. The molecule has 1 N–H and O–H groups in total. The summed E-state index contributed by atoms with van der Waals surface area (Å²) in [6.45, 7) is 9.93. The third kappa shape index (κ3) is 7.07. The van der Waals surface area contributed by atoms with Gasteiger partial charge in [0.1, 0.15) is 29.1 Å². The van der Waals surface area contributed by atoms with Crippen LogP contribution in [0.1, 0.15) is 59.6 Å². The molecular weight excluding hydrogens is 585 g/mol. The van der Waals surface area contributed by atoms with Gasteiger partial charge >= 0.3 is 31.7 Å². The van der Waals surface area contributed by atoms with Crippen molar-refractivity contribution in [3.05, 3.63) is 52.1 Å². The molecule has 43 heavy (non-hydrogen) atoms. The number of rotatable bonds is 5. The number of nitrogens with zero attached hydrogens (tertiary/aromatic N) is 3. The molecule has 0 saturated heterocycles. The van der Waals surface area contributed by atoms with Crippen molar-refractivity contribution >= 4 is 31.8 Å². The predicted octanol–water partition coefficient (Wildman–Crippen LogP) is 4.43. The topological polar surface area (TPSA) is 173 Å². The van der Waals surface area contributed by atoms with Gasteiger partial charge in [0.15, 0.2) is 5.82 Å². The highest BCUT2D eigenvalue weighted by Gasteiger charge is 2.47. The Balaban J connectivity index is 1.74. The maximum atomic E-state index is 13.6. The molecule has 0 spiro atoms. The average molecular weight is 618 g/mol. The molecule has 0 bridgehead atoms. The Hall–Kier alpha value is -4.18. The monoisotopic (exact) mass is 617 g/mol. The van der Waals surface area contributed by atoms with Gasteiger partial charge in [-0.1, -0.05) is 30.0 Å². The van der Waals surface area contributed by atoms with E-state index in [0.29, 0.717) is 16.2 Å². The van der Waals surface area contributed by atoms with Crippen molar-refractivity contribution in [2.45, 2.75) is 71.8 Å². The second kappa shape index (κ2) is 11.1. The van der Waals surface area contributed by atoms with E-state index >= 15 is 0 Å². The Morgan fingerprint density at radius 2 is 1.84 bits per heavy atom. The number of phosphoric ester groups is 1. The minimum absolute atomic E-state index is 0.154. The molecule has 15 heteroatoms. The van der Waals surface area contributed by atoms with Crippen molar-refractivity contribution in [3.8, 4) is 17.6 Å². The summed E-state index contributed by atoms with van der Waals surface area (Å²) in [7, 11) is -4.21. The molecule has 2 atom stereocenters. The quantitative estimate of drug-likeness (QED) is 0.370. The Labute approximate surface area is 247 Å². The zero-order valence-electron chi connectivity index (χ0n) is 24.7. The molecule has 2 aromatic rings. The number of para-hydroxylation sites is 1. The lowest BCUT2D eigenvalue weighted by Crippen LogP contribution is -2.47. The van der Waals surface area contributed by atoms with E-state index in [-0.39, 0.29) is 5.56 Å². The second-order valence-corrected chi connectivity index (χ2v) is 13.3. The van der Waals surface area contributed by atoms with Crippen LogP contribution in [0, 0.1) is 17.8 Å². The van der Waals surface area contributed by atoms with Crippen LogP contribution >= 0.6 is 7.82 Å². The second-order valence-electron chi connectivity index (χ2n) is 11.8. The number of phosphoric acid groups is 1. The minimum atomic E-state index is -4.21. The first-order valence-electron chi connectivity index (χ1n) is 13.2. The largest absolute Gasteiger partial charge is 0.530 e. The lowest BCUT2D eigenvalue weighted by molar-refractivity contribution is -0.137. The number of anilines is 1. The normalized spacial score (nSPS) is 22.2. The summed E-state index contributed by atoms with van der Waals surface area (Å²) in [5.74, 6) is 3.08. The third-order valence-corrected chi connectivity index (χ3v) is 7.87. The van der Waals surface area contributed by atoms with Crippen LogP contribution in [0.4, 0.5) is 15.4 Å². The van der Waals surface area contributed by atoms with Gasteiger partial charge in [-0.2, -0.15) is 9.88 Å². The summed E-state index contributed by atoms with van der Waals surface area (Å²) >= 11 is 0.